The fourth-order valence-corrected chi connectivity index (χ4v) is 3.68. The molecule has 0 bridgehead atoms. The van der Waals surface area contributed by atoms with E-state index >= 15 is 0 Å². The molecule has 12 heteroatoms. The van der Waals surface area contributed by atoms with Crippen LogP contribution in [-0.4, -0.2) is 69.9 Å². The second kappa shape index (κ2) is 11.1. The van der Waals surface area contributed by atoms with Crippen molar-refractivity contribution in [2.24, 2.45) is 0 Å². The van der Waals surface area contributed by atoms with Crippen molar-refractivity contribution in [3.8, 4) is 11.3 Å². The lowest BCUT2D eigenvalue weighted by Gasteiger charge is -2.44. The molecule has 5 atom stereocenters. The van der Waals surface area contributed by atoms with Gasteiger partial charge in [-0.1, -0.05) is 35.0 Å². The van der Waals surface area contributed by atoms with Crippen LogP contribution in [0.5, 0.6) is 0 Å². The van der Waals surface area contributed by atoms with Gasteiger partial charge in [0.05, 0.1) is 6.20 Å². The van der Waals surface area contributed by atoms with Gasteiger partial charge in [0.15, 0.2) is 24.5 Å². The molecule has 1 aliphatic heterocycles. The molecule has 1 aromatic heterocycles. The molecule has 0 saturated carbocycles. The van der Waals surface area contributed by atoms with Crippen LogP contribution in [0.3, 0.4) is 0 Å². The van der Waals surface area contributed by atoms with E-state index in [0.717, 1.165) is 25.0 Å². The highest BCUT2D eigenvalue weighted by molar-refractivity contribution is 5.68. The minimum Gasteiger partial charge on any atom is -0.463 e. The monoisotopic (exact) mass is 489 g/mol. The molecule has 1 aliphatic rings. The van der Waals surface area contributed by atoms with Gasteiger partial charge in [-0.15, -0.1) is 5.10 Å². The van der Waals surface area contributed by atoms with Gasteiger partial charge in [0.2, 0.25) is 0 Å². The summed E-state index contributed by atoms with van der Waals surface area (Å²) < 4.78 is 28.7. The summed E-state index contributed by atoms with van der Waals surface area (Å²) in [4.78, 5) is 47.2. The summed E-state index contributed by atoms with van der Waals surface area (Å²) in [7, 11) is 0. The first-order chi connectivity index (χ1) is 16.5. The normalized spacial score (nSPS) is 23.7. The first-order valence-corrected chi connectivity index (χ1v) is 10.8. The Morgan fingerprint density at radius 1 is 0.857 bits per heavy atom. The molecule has 1 fully saturated rings. The predicted octanol–water partition coefficient (Wildman–Crippen LogP) is 1.51. The van der Waals surface area contributed by atoms with Crippen molar-refractivity contribution in [1.29, 1.82) is 0 Å². The van der Waals surface area contributed by atoms with Crippen LogP contribution in [0.25, 0.3) is 11.3 Å². The molecule has 2 aromatic rings. The Hall–Kier alpha value is -3.80. The number of benzene rings is 1. The molecule has 1 saturated heterocycles. The van der Waals surface area contributed by atoms with Crippen molar-refractivity contribution in [3.63, 3.8) is 0 Å². The van der Waals surface area contributed by atoms with Crippen molar-refractivity contribution in [1.82, 2.24) is 15.0 Å². The van der Waals surface area contributed by atoms with Gasteiger partial charge < -0.3 is 23.7 Å². The zero-order valence-electron chi connectivity index (χ0n) is 20.0. The zero-order chi connectivity index (χ0) is 25.7. The summed E-state index contributed by atoms with van der Waals surface area (Å²) in [6.07, 6.45) is -4.44. The fraction of sp³-hybridized carbons (Fsp3) is 0.478. The smallest absolute Gasteiger partial charge is 0.303 e. The Morgan fingerprint density at radius 3 is 2.00 bits per heavy atom. The number of carbonyl (C=O) groups is 4. The molecular formula is C23H27N3O9. The van der Waals surface area contributed by atoms with Gasteiger partial charge in [0.25, 0.3) is 0 Å². The number of aryl methyl sites for hydroxylation is 1. The van der Waals surface area contributed by atoms with Gasteiger partial charge >= 0.3 is 23.9 Å². The number of ether oxygens (including phenoxy) is 5. The Labute approximate surface area is 201 Å². The number of nitrogens with zero attached hydrogens (tertiary/aromatic N) is 3. The van der Waals surface area contributed by atoms with Crippen molar-refractivity contribution >= 4 is 23.9 Å². The van der Waals surface area contributed by atoms with Gasteiger partial charge in [-0.25, -0.2) is 4.68 Å². The van der Waals surface area contributed by atoms with E-state index < -0.39 is 54.5 Å². The Balaban J connectivity index is 2.03. The topological polar surface area (TPSA) is 145 Å². The SMILES string of the molecule is CC(=O)OC[C@H]1O[C@@H](n2cc(-c3ccc(C)cc3)nn2)[C@H](OC(C)=O)[C@@H](OC(C)=O)[C@H]1OC(C)=O. The third-order valence-corrected chi connectivity index (χ3v) is 5.08. The quantitative estimate of drug-likeness (QED) is 0.412. The average molecular weight is 489 g/mol. The highest BCUT2D eigenvalue weighted by atomic mass is 16.7. The molecular weight excluding hydrogens is 462 g/mol. The lowest BCUT2D eigenvalue weighted by molar-refractivity contribution is -0.270. The minimum atomic E-state index is -1.29. The van der Waals surface area contributed by atoms with Gasteiger partial charge in [0.1, 0.15) is 18.4 Å². The minimum absolute atomic E-state index is 0.326. The van der Waals surface area contributed by atoms with E-state index in [4.69, 9.17) is 23.7 Å². The molecule has 0 N–H and O–H groups in total. The Bertz CT molecular complexity index is 1080. The van der Waals surface area contributed by atoms with Crippen LogP contribution in [0, 0.1) is 6.92 Å². The summed E-state index contributed by atoms with van der Waals surface area (Å²) in [5.74, 6) is -2.71. The fourth-order valence-electron chi connectivity index (χ4n) is 3.68. The maximum atomic E-state index is 12.0. The van der Waals surface area contributed by atoms with E-state index in [-0.39, 0.29) is 6.61 Å². The Morgan fingerprint density at radius 2 is 1.43 bits per heavy atom. The summed E-state index contributed by atoms with van der Waals surface area (Å²) >= 11 is 0. The van der Waals surface area contributed by atoms with Gasteiger partial charge in [-0.3, -0.25) is 19.2 Å². The third-order valence-electron chi connectivity index (χ3n) is 5.08. The van der Waals surface area contributed by atoms with Gasteiger partial charge in [-0.2, -0.15) is 0 Å². The molecule has 35 heavy (non-hydrogen) atoms. The van der Waals surface area contributed by atoms with E-state index in [1.165, 1.54) is 18.5 Å². The second-order valence-corrected chi connectivity index (χ2v) is 8.04. The van der Waals surface area contributed by atoms with Crippen LogP contribution in [0.2, 0.25) is 0 Å². The van der Waals surface area contributed by atoms with Crippen LogP contribution in [0.4, 0.5) is 0 Å². The van der Waals surface area contributed by atoms with Crippen LogP contribution < -0.4 is 0 Å². The van der Waals surface area contributed by atoms with Crippen LogP contribution in [0.1, 0.15) is 39.5 Å². The molecule has 1 aromatic carbocycles. The summed E-state index contributed by atoms with van der Waals surface area (Å²) in [6.45, 7) is 6.33. The van der Waals surface area contributed by atoms with Crippen molar-refractivity contribution in [2.75, 3.05) is 6.61 Å². The largest absolute Gasteiger partial charge is 0.463 e. The lowest BCUT2D eigenvalue weighted by atomic mass is 9.97. The molecule has 0 amide bonds. The molecule has 188 valence electrons. The number of aromatic nitrogens is 3. The number of carbonyl (C=O) groups excluding carboxylic acids is 4. The van der Waals surface area contributed by atoms with E-state index in [1.807, 2.05) is 31.2 Å². The van der Waals surface area contributed by atoms with Crippen molar-refractivity contribution < 1.29 is 42.9 Å². The van der Waals surface area contributed by atoms with Crippen LogP contribution >= 0.6 is 0 Å². The van der Waals surface area contributed by atoms with Crippen LogP contribution in [-0.2, 0) is 42.9 Å². The summed E-state index contributed by atoms with van der Waals surface area (Å²) in [6, 6.07) is 7.58. The summed E-state index contributed by atoms with van der Waals surface area (Å²) in [5, 5.41) is 8.29. The molecule has 3 rings (SSSR count). The maximum absolute atomic E-state index is 12.0. The van der Waals surface area contributed by atoms with Crippen molar-refractivity contribution in [3.05, 3.63) is 36.0 Å². The zero-order valence-corrected chi connectivity index (χ0v) is 20.0. The Kier molecular flexibility index (Phi) is 8.18. The highest BCUT2D eigenvalue weighted by Gasteiger charge is 2.53. The van der Waals surface area contributed by atoms with E-state index in [2.05, 4.69) is 10.3 Å². The first-order valence-electron chi connectivity index (χ1n) is 10.8. The average Bonchev–Trinajstić information content (AvgIpc) is 3.24. The number of rotatable bonds is 7. The molecule has 12 nitrogen and oxygen atoms in total. The van der Waals surface area contributed by atoms with E-state index in [0.29, 0.717) is 5.69 Å². The van der Waals surface area contributed by atoms with Crippen molar-refractivity contribution in [2.45, 2.75) is 65.3 Å². The number of hydrogen-bond donors (Lipinski definition) is 0. The first kappa shape index (κ1) is 25.8. The van der Waals surface area contributed by atoms with E-state index in [1.54, 1.807) is 6.20 Å². The van der Waals surface area contributed by atoms with Gasteiger partial charge in [0, 0.05) is 33.3 Å². The molecule has 2 heterocycles. The molecule has 0 radical (unpaired) electrons. The number of hydrogen-bond acceptors (Lipinski definition) is 11. The van der Waals surface area contributed by atoms with E-state index in [9.17, 15) is 19.2 Å². The molecule has 0 spiro atoms. The maximum Gasteiger partial charge on any atom is 0.303 e. The second-order valence-electron chi connectivity index (χ2n) is 8.04. The predicted molar refractivity (Wildman–Crippen MR) is 117 cm³/mol. The standard InChI is InChI=1S/C23H27N3O9/c1-12-6-8-17(9-7-12)18-10-26(25-24-18)23-22(34-16(5)30)21(33-15(4)29)20(32-14(3)28)19(35-23)11-31-13(2)27/h6-10,19-23H,11H2,1-5H3/t19-,20+,21+,22-,23-/m1/s1. The summed E-state index contributed by atoms with van der Waals surface area (Å²) in [5.41, 5.74) is 2.37. The number of esters is 4. The third kappa shape index (κ3) is 6.63. The lowest BCUT2D eigenvalue weighted by Crippen LogP contribution is -2.60. The van der Waals surface area contributed by atoms with Gasteiger partial charge in [-0.05, 0) is 6.92 Å². The molecule has 0 aliphatic carbocycles. The van der Waals surface area contributed by atoms with Crippen LogP contribution in [0.15, 0.2) is 30.5 Å². The highest BCUT2D eigenvalue weighted by Crippen LogP contribution is 2.35. The molecule has 0 unspecified atom stereocenters.